The number of nitrogens with one attached hydrogen (secondary N) is 1. The third kappa shape index (κ3) is 3.42. The molecule has 7 heteroatoms. The number of benzene rings is 1. The van der Waals surface area contributed by atoms with Crippen LogP contribution in [0.3, 0.4) is 0 Å². The Morgan fingerprint density at radius 1 is 1.38 bits per heavy atom. The van der Waals surface area contributed by atoms with Crippen LogP contribution in [0.25, 0.3) is 0 Å². The summed E-state index contributed by atoms with van der Waals surface area (Å²) in [6.45, 7) is 2.31. The predicted octanol–water partition coefficient (Wildman–Crippen LogP) is 1.36. The standard InChI is InChI=1S/C14H20N2O4S/c1-10-6-7-11(9-13(10)21(18,19)16(2)3)15-14(17)12-5-4-8-20-12/h6-7,9,12H,4-5,8H2,1-3H3,(H,15,17)/t12-/m0/s1. The summed E-state index contributed by atoms with van der Waals surface area (Å²) in [5.74, 6) is -0.232. The highest BCUT2D eigenvalue weighted by Crippen LogP contribution is 2.23. The van der Waals surface area contributed by atoms with Crippen molar-refractivity contribution in [1.29, 1.82) is 0 Å². The number of amides is 1. The second-order valence-electron chi connectivity index (χ2n) is 5.26. The summed E-state index contributed by atoms with van der Waals surface area (Å²) in [5, 5.41) is 2.72. The summed E-state index contributed by atoms with van der Waals surface area (Å²) in [4.78, 5) is 12.2. The maximum absolute atomic E-state index is 12.2. The van der Waals surface area contributed by atoms with E-state index in [4.69, 9.17) is 4.74 Å². The summed E-state index contributed by atoms with van der Waals surface area (Å²) >= 11 is 0. The third-order valence-electron chi connectivity index (χ3n) is 3.44. The molecule has 1 aliphatic rings. The molecule has 1 aliphatic heterocycles. The van der Waals surface area contributed by atoms with E-state index in [1.807, 2.05) is 0 Å². The van der Waals surface area contributed by atoms with E-state index in [-0.39, 0.29) is 10.8 Å². The van der Waals surface area contributed by atoms with Crippen LogP contribution >= 0.6 is 0 Å². The molecule has 1 amide bonds. The monoisotopic (exact) mass is 312 g/mol. The Labute approximate surface area is 125 Å². The quantitative estimate of drug-likeness (QED) is 0.911. The maximum atomic E-state index is 12.2. The number of carbonyl (C=O) groups is 1. The SMILES string of the molecule is Cc1ccc(NC(=O)[C@@H]2CCCO2)cc1S(=O)(=O)N(C)C. The molecule has 6 nitrogen and oxygen atoms in total. The zero-order valence-electron chi connectivity index (χ0n) is 12.4. The molecule has 2 rings (SSSR count). The average molecular weight is 312 g/mol. The van der Waals surface area contributed by atoms with Crippen LogP contribution in [0, 0.1) is 6.92 Å². The van der Waals surface area contributed by atoms with Crippen LogP contribution < -0.4 is 5.32 Å². The summed E-state index contributed by atoms with van der Waals surface area (Å²) in [7, 11) is -0.577. The molecular formula is C14H20N2O4S. The van der Waals surface area contributed by atoms with E-state index in [0.717, 1.165) is 10.7 Å². The first-order chi connectivity index (χ1) is 9.82. The topological polar surface area (TPSA) is 75.7 Å². The number of anilines is 1. The Hall–Kier alpha value is -1.44. The Kier molecular flexibility index (Phi) is 4.65. The Bertz CT molecular complexity index is 634. The largest absolute Gasteiger partial charge is 0.368 e. The molecule has 0 aromatic heterocycles. The van der Waals surface area contributed by atoms with Gasteiger partial charge in [0, 0.05) is 26.4 Å². The van der Waals surface area contributed by atoms with Crippen LogP contribution in [0.4, 0.5) is 5.69 Å². The molecule has 0 radical (unpaired) electrons. The minimum absolute atomic E-state index is 0.192. The Morgan fingerprint density at radius 3 is 2.67 bits per heavy atom. The van der Waals surface area contributed by atoms with Crippen LogP contribution in [0.5, 0.6) is 0 Å². The third-order valence-corrected chi connectivity index (χ3v) is 5.39. The molecule has 0 aliphatic carbocycles. The molecular weight excluding hydrogens is 292 g/mol. The molecule has 116 valence electrons. The van der Waals surface area contributed by atoms with Gasteiger partial charge in [-0.05, 0) is 37.5 Å². The molecule has 0 bridgehead atoms. The van der Waals surface area contributed by atoms with Crippen molar-refractivity contribution >= 4 is 21.6 Å². The zero-order chi connectivity index (χ0) is 15.6. The van der Waals surface area contributed by atoms with Gasteiger partial charge in [0.2, 0.25) is 10.0 Å². The number of carbonyl (C=O) groups excluding carboxylic acids is 1. The lowest BCUT2D eigenvalue weighted by atomic mass is 10.2. The number of sulfonamides is 1. The lowest BCUT2D eigenvalue weighted by Gasteiger charge is -2.16. The van der Waals surface area contributed by atoms with E-state index in [1.54, 1.807) is 19.1 Å². The molecule has 1 heterocycles. The first-order valence-corrected chi connectivity index (χ1v) is 8.22. The fourth-order valence-corrected chi connectivity index (χ4v) is 3.30. The van der Waals surface area contributed by atoms with Gasteiger partial charge in [0.25, 0.3) is 5.91 Å². The van der Waals surface area contributed by atoms with Crippen LogP contribution in [0.2, 0.25) is 0 Å². The van der Waals surface area contributed by atoms with Crippen LogP contribution in [-0.4, -0.2) is 45.4 Å². The zero-order valence-corrected chi connectivity index (χ0v) is 13.2. The maximum Gasteiger partial charge on any atom is 0.253 e. The molecule has 0 spiro atoms. The lowest BCUT2D eigenvalue weighted by Crippen LogP contribution is -2.27. The van der Waals surface area contributed by atoms with E-state index in [0.29, 0.717) is 24.3 Å². The second kappa shape index (κ2) is 6.13. The number of ether oxygens (including phenoxy) is 1. The summed E-state index contributed by atoms with van der Waals surface area (Å²) in [5.41, 5.74) is 1.10. The first-order valence-electron chi connectivity index (χ1n) is 6.78. The van der Waals surface area contributed by atoms with Crippen molar-refractivity contribution in [2.75, 3.05) is 26.0 Å². The van der Waals surface area contributed by atoms with Crippen molar-refractivity contribution in [3.8, 4) is 0 Å². The van der Waals surface area contributed by atoms with Gasteiger partial charge in [-0.3, -0.25) is 4.79 Å². The number of hydrogen-bond acceptors (Lipinski definition) is 4. The lowest BCUT2D eigenvalue weighted by molar-refractivity contribution is -0.124. The van der Waals surface area contributed by atoms with Crippen molar-refractivity contribution in [3.63, 3.8) is 0 Å². The van der Waals surface area contributed by atoms with E-state index in [9.17, 15) is 13.2 Å². The number of nitrogens with zero attached hydrogens (tertiary/aromatic N) is 1. The minimum atomic E-state index is -3.53. The smallest absolute Gasteiger partial charge is 0.253 e. The van der Waals surface area contributed by atoms with E-state index in [1.165, 1.54) is 20.2 Å². The van der Waals surface area contributed by atoms with Crippen LogP contribution in [-0.2, 0) is 19.6 Å². The van der Waals surface area contributed by atoms with Gasteiger partial charge < -0.3 is 10.1 Å². The highest BCUT2D eigenvalue weighted by molar-refractivity contribution is 7.89. The van der Waals surface area contributed by atoms with Gasteiger partial charge in [0.05, 0.1) is 4.90 Å². The summed E-state index contributed by atoms with van der Waals surface area (Å²) in [6.07, 6.45) is 1.12. The van der Waals surface area contributed by atoms with Crippen molar-refractivity contribution < 1.29 is 17.9 Å². The fourth-order valence-electron chi connectivity index (χ4n) is 2.16. The minimum Gasteiger partial charge on any atom is -0.368 e. The van der Waals surface area contributed by atoms with E-state index < -0.39 is 16.1 Å². The van der Waals surface area contributed by atoms with Gasteiger partial charge in [-0.25, -0.2) is 12.7 Å². The molecule has 1 aromatic rings. The predicted molar refractivity (Wildman–Crippen MR) is 79.7 cm³/mol. The first kappa shape index (κ1) is 15.9. The molecule has 21 heavy (non-hydrogen) atoms. The van der Waals surface area contributed by atoms with E-state index >= 15 is 0 Å². The average Bonchev–Trinajstić information content (AvgIpc) is 2.94. The van der Waals surface area contributed by atoms with Gasteiger partial charge in [-0.2, -0.15) is 0 Å². The van der Waals surface area contributed by atoms with Crippen molar-refractivity contribution in [3.05, 3.63) is 23.8 Å². The normalized spacial score (nSPS) is 19.0. The number of aryl methyl sites for hydroxylation is 1. The van der Waals surface area contributed by atoms with Crippen molar-refractivity contribution in [1.82, 2.24) is 4.31 Å². The molecule has 1 N–H and O–H groups in total. The number of rotatable bonds is 4. The molecule has 0 saturated carbocycles. The molecule has 1 saturated heterocycles. The van der Waals surface area contributed by atoms with Gasteiger partial charge in [0.15, 0.2) is 0 Å². The molecule has 0 unspecified atom stereocenters. The fraction of sp³-hybridized carbons (Fsp3) is 0.500. The number of hydrogen-bond donors (Lipinski definition) is 1. The highest BCUT2D eigenvalue weighted by atomic mass is 32.2. The van der Waals surface area contributed by atoms with Gasteiger partial charge >= 0.3 is 0 Å². The molecule has 1 fully saturated rings. The Morgan fingerprint density at radius 2 is 2.10 bits per heavy atom. The van der Waals surface area contributed by atoms with Crippen molar-refractivity contribution in [2.24, 2.45) is 0 Å². The van der Waals surface area contributed by atoms with Gasteiger partial charge in [-0.1, -0.05) is 6.07 Å². The van der Waals surface area contributed by atoms with Gasteiger partial charge in [-0.15, -0.1) is 0 Å². The van der Waals surface area contributed by atoms with Crippen LogP contribution in [0.1, 0.15) is 18.4 Å². The summed E-state index contributed by atoms with van der Waals surface area (Å²) in [6, 6.07) is 4.86. The van der Waals surface area contributed by atoms with Gasteiger partial charge in [0.1, 0.15) is 6.10 Å². The van der Waals surface area contributed by atoms with Crippen LogP contribution in [0.15, 0.2) is 23.1 Å². The van der Waals surface area contributed by atoms with Crippen molar-refractivity contribution in [2.45, 2.75) is 30.8 Å². The second-order valence-corrected chi connectivity index (χ2v) is 7.38. The molecule has 1 aromatic carbocycles. The molecule has 1 atom stereocenters. The Balaban J connectivity index is 2.24. The van der Waals surface area contributed by atoms with E-state index in [2.05, 4.69) is 5.32 Å². The highest BCUT2D eigenvalue weighted by Gasteiger charge is 2.25. The summed E-state index contributed by atoms with van der Waals surface area (Å²) < 4.78 is 30.9.